The highest BCUT2D eigenvalue weighted by Crippen LogP contribution is 2.19. The summed E-state index contributed by atoms with van der Waals surface area (Å²) in [5, 5.41) is 0. The van der Waals surface area contributed by atoms with E-state index in [0.717, 1.165) is 5.56 Å². The predicted molar refractivity (Wildman–Crippen MR) is 73.7 cm³/mol. The Hall–Kier alpha value is -2.62. The van der Waals surface area contributed by atoms with E-state index in [0.29, 0.717) is 22.7 Å². The van der Waals surface area contributed by atoms with Gasteiger partial charge in [0.05, 0.1) is 0 Å². The maximum atomic E-state index is 13.0. The van der Waals surface area contributed by atoms with E-state index in [4.69, 9.17) is 10.2 Å². The number of nitrogen functional groups attached to an aromatic ring is 1. The summed E-state index contributed by atoms with van der Waals surface area (Å²) in [5.41, 5.74) is 8.45. The van der Waals surface area contributed by atoms with Crippen LogP contribution in [0.4, 0.5) is 10.1 Å². The molecule has 0 radical (unpaired) electrons. The number of anilines is 1. The van der Waals surface area contributed by atoms with Gasteiger partial charge in [0.2, 0.25) is 5.89 Å². The first-order valence-corrected chi connectivity index (χ1v) is 5.81. The van der Waals surface area contributed by atoms with E-state index in [1.54, 1.807) is 12.1 Å². The molecule has 94 valence electrons. The molecule has 3 nitrogen and oxygen atoms in total. The topological polar surface area (TPSA) is 52.0 Å². The first-order valence-electron chi connectivity index (χ1n) is 5.81. The van der Waals surface area contributed by atoms with Crippen LogP contribution in [0.3, 0.4) is 0 Å². The molecule has 19 heavy (non-hydrogen) atoms. The minimum Gasteiger partial charge on any atom is -0.437 e. The molecule has 0 aliphatic carbocycles. The molecule has 0 spiro atoms. The first-order chi connectivity index (χ1) is 9.22. The SMILES string of the molecule is Nc1ccccc1C=Cc1nc2cc(F)ccc2o1. The number of oxazole rings is 1. The lowest BCUT2D eigenvalue weighted by Crippen LogP contribution is -1.87. The van der Waals surface area contributed by atoms with Crippen LogP contribution < -0.4 is 5.73 Å². The van der Waals surface area contributed by atoms with Crippen molar-refractivity contribution >= 4 is 28.9 Å². The largest absolute Gasteiger partial charge is 0.437 e. The fourth-order valence-corrected chi connectivity index (χ4v) is 1.81. The van der Waals surface area contributed by atoms with Gasteiger partial charge in [-0.05, 0) is 29.8 Å². The van der Waals surface area contributed by atoms with Crippen LogP contribution >= 0.6 is 0 Å². The number of hydrogen-bond donors (Lipinski definition) is 1. The Balaban J connectivity index is 1.95. The zero-order valence-electron chi connectivity index (χ0n) is 10.0. The summed E-state index contributed by atoms with van der Waals surface area (Å²) in [5.74, 6) is 0.0903. The number of rotatable bonds is 2. The molecule has 0 atom stereocenters. The lowest BCUT2D eigenvalue weighted by Gasteiger charge is -1.96. The van der Waals surface area contributed by atoms with Gasteiger partial charge in [0.15, 0.2) is 5.58 Å². The quantitative estimate of drug-likeness (QED) is 0.709. The van der Waals surface area contributed by atoms with Crippen LogP contribution in [0.2, 0.25) is 0 Å². The molecule has 0 fully saturated rings. The van der Waals surface area contributed by atoms with Crippen LogP contribution in [0.1, 0.15) is 11.5 Å². The van der Waals surface area contributed by atoms with Gasteiger partial charge in [-0.25, -0.2) is 9.37 Å². The van der Waals surface area contributed by atoms with E-state index in [2.05, 4.69) is 4.98 Å². The minimum absolute atomic E-state index is 0.330. The zero-order valence-corrected chi connectivity index (χ0v) is 10.0. The lowest BCUT2D eigenvalue weighted by atomic mass is 10.2. The Morgan fingerprint density at radius 2 is 1.95 bits per heavy atom. The van der Waals surface area contributed by atoms with Crippen molar-refractivity contribution in [3.63, 3.8) is 0 Å². The molecule has 1 heterocycles. The molecule has 0 saturated heterocycles. The van der Waals surface area contributed by atoms with Crippen LogP contribution in [0, 0.1) is 5.82 Å². The Labute approximate surface area is 109 Å². The maximum absolute atomic E-state index is 13.0. The Bertz CT molecular complexity index is 762. The number of benzene rings is 2. The molecule has 4 heteroatoms. The fraction of sp³-hybridized carbons (Fsp3) is 0. The van der Waals surface area contributed by atoms with Gasteiger partial charge in [-0.2, -0.15) is 0 Å². The summed E-state index contributed by atoms with van der Waals surface area (Å²) in [6.07, 6.45) is 3.53. The van der Waals surface area contributed by atoms with Gasteiger partial charge in [-0.15, -0.1) is 0 Å². The van der Waals surface area contributed by atoms with Gasteiger partial charge in [0.1, 0.15) is 11.3 Å². The number of aromatic nitrogens is 1. The zero-order chi connectivity index (χ0) is 13.2. The molecule has 3 rings (SSSR count). The number of fused-ring (bicyclic) bond motifs is 1. The van der Waals surface area contributed by atoms with Gasteiger partial charge in [0.25, 0.3) is 0 Å². The van der Waals surface area contributed by atoms with Crippen molar-refractivity contribution in [2.24, 2.45) is 0 Å². The molecule has 0 aliphatic heterocycles. The van der Waals surface area contributed by atoms with E-state index in [-0.39, 0.29) is 5.82 Å². The Morgan fingerprint density at radius 3 is 2.79 bits per heavy atom. The third kappa shape index (κ3) is 2.33. The van der Waals surface area contributed by atoms with Gasteiger partial charge in [0, 0.05) is 17.8 Å². The smallest absolute Gasteiger partial charge is 0.220 e. The van der Waals surface area contributed by atoms with Gasteiger partial charge >= 0.3 is 0 Å². The number of hydrogen-bond acceptors (Lipinski definition) is 3. The predicted octanol–water partition coefficient (Wildman–Crippen LogP) is 3.72. The monoisotopic (exact) mass is 254 g/mol. The van der Waals surface area contributed by atoms with Crippen molar-refractivity contribution < 1.29 is 8.81 Å². The highest BCUT2D eigenvalue weighted by molar-refractivity contribution is 5.78. The van der Waals surface area contributed by atoms with E-state index < -0.39 is 0 Å². The maximum Gasteiger partial charge on any atom is 0.220 e. The normalized spacial score (nSPS) is 11.4. The van der Waals surface area contributed by atoms with Crippen LogP contribution in [0.15, 0.2) is 46.9 Å². The molecule has 0 unspecified atom stereocenters. The Morgan fingerprint density at radius 1 is 1.11 bits per heavy atom. The molecule has 1 aromatic heterocycles. The molecule has 0 bridgehead atoms. The first kappa shape index (κ1) is 11.5. The van der Waals surface area contributed by atoms with Crippen molar-refractivity contribution in [3.8, 4) is 0 Å². The number of nitrogens with two attached hydrogens (primary N) is 1. The van der Waals surface area contributed by atoms with Crippen LogP contribution in [0.25, 0.3) is 23.3 Å². The summed E-state index contributed by atoms with van der Waals surface area (Å²) in [6.45, 7) is 0. The second-order valence-corrected chi connectivity index (χ2v) is 4.13. The highest BCUT2D eigenvalue weighted by Gasteiger charge is 2.04. The molecular weight excluding hydrogens is 243 g/mol. The second kappa shape index (κ2) is 4.57. The number of nitrogens with zero attached hydrogens (tertiary/aromatic N) is 1. The van der Waals surface area contributed by atoms with Crippen molar-refractivity contribution in [3.05, 3.63) is 59.7 Å². The van der Waals surface area contributed by atoms with Crippen molar-refractivity contribution in [2.45, 2.75) is 0 Å². The third-order valence-corrected chi connectivity index (χ3v) is 2.77. The van der Waals surface area contributed by atoms with Crippen LogP contribution in [-0.2, 0) is 0 Å². The standard InChI is InChI=1S/C15H11FN2O/c16-11-6-7-14-13(9-11)18-15(19-14)8-5-10-3-1-2-4-12(10)17/h1-9H,17H2. The summed E-state index contributed by atoms with van der Waals surface area (Å²) in [4.78, 5) is 4.18. The highest BCUT2D eigenvalue weighted by atomic mass is 19.1. The van der Waals surface area contributed by atoms with Crippen molar-refractivity contribution in [1.82, 2.24) is 4.98 Å². The molecule has 2 aromatic carbocycles. The number of halogens is 1. The summed E-state index contributed by atoms with van der Waals surface area (Å²) >= 11 is 0. The van der Waals surface area contributed by atoms with Crippen LogP contribution in [-0.4, -0.2) is 4.98 Å². The second-order valence-electron chi connectivity index (χ2n) is 4.13. The van der Waals surface area contributed by atoms with E-state index in [1.165, 1.54) is 12.1 Å². The average molecular weight is 254 g/mol. The summed E-state index contributed by atoms with van der Waals surface area (Å²) in [6, 6.07) is 11.7. The van der Waals surface area contributed by atoms with Gasteiger partial charge < -0.3 is 10.2 Å². The summed E-state index contributed by atoms with van der Waals surface area (Å²) < 4.78 is 18.5. The molecule has 3 aromatic rings. The van der Waals surface area contributed by atoms with Crippen LogP contribution in [0.5, 0.6) is 0 Å². The van der Waals surface area contributed by atoms with E-state index >= 15 is 0 Å². The molecule has 0 amide bonds. The van der Waals surface area contributed by atoms with Gasteiger partial charge in [-0.3, -0.25) is 0 Å². The lowest BCUT2D eigenvalue weighted by molar-refractivity contribution is 0.588. The van der Waals surface area contributed by atoms with E-state index in [9.17, 15) is 4.39 Å². The average Bonchev–Trinajstić information content (AvgIpc) is 2.79. The summed E-state index contributed by atoms with van der Waals surface area (Å²) in [7, 11) is 0. The van der Waals surface area contributed by atoms with E-state index in [1.807, 2.05) is 30.3 Å². The third-order valence-electron chi connectivity index (χ3n) is 2.77. The molecule has 0 saturated carbocycles. The fourth-order valence-electron chi connectivity index (χ4n) is 1.81. The van der Waals surface area contributed by atoms with Crippen molar-refractivity contribution in [1.29, 1.82) is 0 Å². The minimum atomic E-state index is -0.330. The molecule has 2 N–H and O–H groups in total. The molecular formula is C15H11FN2O. The van der Waals surface area contributed by atoms with Crippen molar-refractivity contribution in [2.75, 3.05) is 5.73 Å². The number of para-hydroxylation sites is 1. The Kier molecular flexibility index (Phi) is 2.76. The molecule has 0 aliphatic rings. The van der Waals surface area contributed by atoms with Gasteiger partial charge in [-0.1, -0.05) is 18.2 Å².